The average Bonchev–Trinajstić information content (AvgIpc) is 2.04. The lowest BCUT2D eigenvalue weighted by molar-refractivity contribution is 0.190. The Bertz CT molecular complexity index is 174. The minimum absolute atomic E-state index is 0.127. The SMILES string of the molecule is CCOP(=O)(CNCC(C)O)OC. The van der Waals surface area contributed by atoms with Crippen LogP contribution in [0.4, 0.5) is 0 Å². The number of hydrogen-bond acceptors (Lipinski definition) is 5. The predicted octanol–water partition coefficient (Wildman–Crippen LogP) is 0.790. The first-order valence-corrected chi connectivity index (χ1v) is 5.95. The van der Waals surface area contributed by atoms with E-state index in [0.717, 1.165) is 0 Å². The molecule has 0 rings (SSSR count). The molecule has 0 radical (unpaired) electrons. The van der Waals surface area contributed by atoms with Gasteiger partial charge in [-0.25, -0.2) is 0 Å². The Kier molecular flexibility index (Phi) is 6.55. The fourth-order valence-electron chi connectivity index (χ4n) is 0.770. The molecule has 0 aliphatic rings. The van der Waals surface area contributed by atoms with Crippen molar-refractivity contribution in [2.75, 3.05) is 26.5 Å². The molecule has 0 spiro atoms. The molecule has 13 heavy (non-hydrogen) atoms. The van der Waals surface area contributed by atoms with Gasteiger partial charge in [0.15, 0.2) is 0 Å². The van der Waals surface area contributed by atoms with Gasteiger partial charge in [0.05, 0.1) is 19.0 Å². The van der Waals surface area contributed by atoms with Crippen LogP contribution < -0.4 is 5.32 Å². The Balaban J connectivity index is 3.77. The largest absolute Gasteiger partial charge is 0.392 e. The lowest BCUT2D eigenvalue weighted by atomic mass is 10.4. The Morgan fingerprint density at radius 3 is 2.62 bits per heavy atom. The van der Waals surface area contributed by atoms with Crippen LogP contribution in [0.3, 0.4) is 0 Å². The summed E-state index contributed by atoms with van der Waals surface area (Å²) in [6.45, 7) is 4.12. The third-order valence-electron chi connectivity index (χ3n) is 1.35. The molecule has 6 heteroatoms. The summed E-state index contributed by atoms with van der Waals surface area (Å²) < 4.78 is 21.3. The second kappa shape index (κ2) is 6.51. The number of aliphatic hydroxyl groups excluding tert-OH is 1. The normalized spacial score (nSPS) is 18.2. The highest BCUT2D eigenvalue weighted by Crippen LogP contribution is 2.45. The number of rotatable bonds is 7. The first-order chi connectivity index (χ1) is 6.04. The van der Waals surface area contributed by atoms with Crippen LogP contribution in [0.1, 0.15) is 13.8 Å². The van der Waals surface area contributed by atoms with Gasteiger partial charge in [-0.05, 0) is 13.8 Å². The van der Waals surface area contributed by atoms with E-state index < -0.39 is 13.7 Å². The third kappa shape index (κ3) is 6.18. The number of hydrogen-bond donors (Lipinski definition) is 2. The van der Waals surface area contributed by atoms with Crippen molar-refractivity contribution in [3.05, 3.63) is 0 Å². The molecule has 0 aliphatic carbocycles. The molecule has 0 aromatic rings. The number of nitrogens with one attached hydrogen (secondary N) is 1. The lowest BCUT2D eigenvalue weighted by Crippen LogP contribution is -2.26. The van der Waals surface area contributed by atoms with Crippen molar-refractivity contribution in [2.24, 2.45) is 0 Å². The molecule has 0 fully saturated rings. The summed E-state index contributed by atoms with van der Waals surface area (Å²) in [5.41, 5.74) is 0. The monoisotopic (exact) mass is 211 g/mol. The van der Waals surface area contributed by atoms with Crippen molar-refractivity contribution in [2.45, 2.75) is 20.0 Å². The van der Waals surface area contributed by atoms with Crippen LogP contribution in [-0.4, -0.2) is 37.8 Å². The topological polar surface area (TPSA) is 67.8 Å². The maximum absolute atomic E-state index is 11.6. The molecule has 80 valence electrons. The lowest BCUT2D eigenvalue weighted by Gasteiger charge is -2.16. The number of aliphatic hydroxyl groups is 1. The summed E-state index contributed by atoms with van der Waals surface area (Å²) in [5.74, 6) is 0. The second-order valence-corrected chi connectivity index (χ2v) is 4.83. The Labute approximate surface area is 79.0 Å². The molecule has 0 aromatic carbocycles. The summed E-state index contributed by atoms with van der Waals surface area (Å²) in [5, 5.41) is 11.7. The van der Waals surface area contributed by atoms with E-state index in [9.17, 15) is 4.57 Å². The molecule has 5 nitrogen and oxygen atoms in total. The van der Waals surface area contributed by atoms with Crippen LogP contribution in [0.5, 0.6) is 0 Å². The summed E-state index contributed by atoms with van der Waals surface area (Å²) >= 11 is 0. The van der Waals surface area contributed by atoms with Gasteiger partial charge in [-0.15, -0.1) is 0 Å². The van der Waals surface area contributed by atoms with E-state index in [2.05, 4.69) is 5.32 Å². The molecule has 0 aromatic heterocycles. The van der Waals surface area contributed by atoms with Gasteiger partial charge in [0.1, 0.15) is 0 Å². The molecule has 2 N–H and O–H groups in total. The van der Waals surface area contributed by atoms with Crippen molar-refractivity contribution in [3.8, 4) is 0 Å². The van der Waals surface area contributed by atoms with Crippen LogP contribution in [-0.2, 0) is 13.6 Å². The maximum atomic E-state index is 11.6. The van der Waals surface area contributed by atoms with Crippen LogP contribution in [0, 0.1) is 0 Å². The quantitative estimate of drug-likeness (QED) is 0.609. The molecule has 0 saturated heterocycles. The van der Waals surface area contributed by atoms with E-state index >= 15 is 0 Å². The molecule has 0 saturated carbocycles. The van der Waals surface area contributed by atoms with Gasteiger partial charge in [-0.3, -0.25) is 4.57 Å². The highest BCUT2D eigenvalue weighted by molar-refractivity contribution is 7.53. The minimum atomic E-state index is -2.98. The van der Waals surface area contributed by atoms with Crippen LogP contribution in [0.2, 0.25) is 0 Å². The zero-order chi connectivity index (χ0) is 10.3. The maximum Gasteiger partial charge on any atom is 0.344 e. The Morgan fingerprint density at radius 1 is 1.62 bits per heavy atom. The summed E-state index contributed by atoms with van der Waals surface area (Å²) in [7, 11) is -1.63. The average molecular weight is 211 g/mol. The summed E-state index contributed by atoms with van der Waals surface area (Å²) in [6, 6.07) is 0. The van der Waals surface area contributed by atoms with Gasteiger partial charge in [-0.1, -0.05) is 0 Å². The molecule has 2 unspecified atom stereocenters. The van der Waals surface area contributed by atoms with Crippen molar-refractivity contribution in [3.63, 3.8) is 0 Å². The van der Waals surface area contributed by atoms with Crippen LogP contribution >= 0.6 is 7.60 Å². The second-order valence-electron chi connectivity index (χ2n) is 2.67. The standard InChI is InChI=1S/C7H18NO4P/c1-4-12-13(10,11-3)6-8-5-7(2)9/h7-9H,4-6H2,1-3H3. The third-order valence-corrected chi connectivity index (χ3v) is 3.17. The Hall–Kier alpha value is 0.0700. The zero-order valence-electron chi connectivity index (χ0n) is 8.32. The predicted molar refractivity (Wildman–Crippen MR) is 50.8 cm³/mol. The van der Waals surface area contributed by atoms with Gasteiger partial charge < -0.3 is 19.5 Å². The van der Waals surface area contributed by atoms with Crippen molar-refractivity contribution in [1.82, 2.24) is 5.32 Å². The first-order valence-electron chi connectivity index (χ1n) is 4.22. The van der Waals surface area contributed by atoms with Crippen LogP contribution in [0.15, 0.2) is 0 Å². The van der Waals surface area contributed by atoms with E-state index in [1.54, 1.807) is 13.8 Å². The smallest absolute Gasteiger partial charge is 0.344 e. The molecule has 0 amide bonds. The molecular formula is C7H18NO4P. The van der Waals surface area contributed by atoms with Crippen LogP contribution in [0.25, 0.3) is 0 Å². The van der Waals surface area contributed by atoms with E-state index in [-0.39, 0.29) is 6.29 Å². The fourth-order valence-corrected chi connectivity index (χ4v) is 1.89. The Morgan fingerprint density at radius 2 is 2.23 bits per heavy atom. The first kappa shape index (κ1) is 13.1. The highest BCUT2D eigenvalue weighted by atomic mass is 31.2. The van der Waals surface area contributed by atoms with E-state index in [4.69, 9.17) is 14.2 Å². The summed E-state index contributed by atoms with van der Waals surface area (Å²) in [4.78, 5) is 0. The van der Waals surface area contributed by atoms with Gasteiger partial charge in [-0.2, -0.15) is 0 Å². The van der Waals surface area contributed by atoms with Gasteiger partial charge in [0, 0.05) is 13.7 Å². The molecule has 0 aliphatic heterocycles. The van der Waals surface area contributed by atoms with Gasteiger partial charge in [0.25, 0.3) is 0 Å². The fraction of sp³-hybridized carbons (Fsp3) is 1.00. The highest BCUT2D eigenvalue weighted by Gasteiger charge is 2.21. The van der Waals surface area contributed by atoms with Crippen molar-refractivity contribution >= 4 is 7.60 Å². The molecule has 0 heterocycles. The van der Waals surface area contributed by atoms with Crippen molar-refractivity contribution in [1.29, 1.82) is 0 Å². The molecular weight excluding hydrogens is 193 g/mol. The van der Waals surface area contributed by atoms with Crippen molar-refractivity contribution < 1.29 is 18.7 Å². The van der Waals surface area contributed by atoms with E-state index in [0.29, 0.717) is 13.2 Å². The minimum Gasteiger partial charge on any atom is -0.392 e. The van der Waals surface area contributed by atoms with Gasteiger partial charge >= 0.3 is 7.60 Å². The van der Waals surface area contributed by atoms with E-state index in [1.165, 1.54) is 7.11 Å². The molecule has 0 bridgehead atoms. The summed E-state index contributed by atoms with van der Waals surface area (Å²) in [6.07, 6.45) is -0.339. The van der Waals surface area contributed by atoms with Gasteiger partial charge in [0.2, 0.25) is 0 Å². The van der Waals surface area contributed by atoms with E-state index in [1.807, 2.05) is 0 Å². The zero-order valence-corrected chi connectivity index (χ0v) is 9.21. The molecule has 2 atom stereocenters.